The number of piperidine rings is 1. The van der Waals surface area contributed by atoms with Gasteiger partial charge in [0.1, 0.15) is 5.82 Å². The smallest absolute Gasteiger partial charge is 0.226 e. The summed E-state index contributed by atoms with van der Waals surface area (Å²) in [6, 6.07) is 9.09. The molecule has 30 heavy (non-hydrogen) atoms. The Morgan fingerprint density at radius 3 is 2.83 bits per heavy atom. The maximum atomic E-state index is 6.33. The van der Waals surface area contributed by atoms with Crippen molar-refractivity contribution in [2.24, 2.45) is 9.98 Å². The summed E-state index contributed by atoms with van der Waals surface area (Å²) in [5.41, 5.74) is 2.58. The Kier molecular flexibility index (Phi) is 6.11. The molecular weight excluding hydrogens is 396 g/mol. The number of hydrogen-bond donors (Lipinski definition) is 1. The minimum absolute atomic E-state index is 0.134. The van der Waals surface area contributed by atoms with Gasteiger partial charge in [-0.05, 0) is 43.2 Å². The van der Waals surface area contributed by atoms with E-state index < -0.39 is 0 Å². The molecule has 160 valence electrons. The van der Waals surface area contributed by atoms with Crippen LogP contribution in [0.2, 0.25) is 0 Å². The predicted octanol–water partition coefficient (Wildman–Crippen LogP) is 3.64. The number of fused-ring (bicyclic) bond motifs is 2. The number of ether oxygens (including phenoxy) is 2. The molecule has 1 aromatic rings. The van der Waals surface area contributed by atoms with E-state index in [4.69, 9.17) is 19.5 Å². The Morgan fingerprint density at radius 1 is 1.13 bits per heavy atom. The first-order valence-electron chi connectivity index (χ1n) is 11.1. The lowest BCUT2D eigenvalue weighted by molar-refractivity contribution is -0.0706. The molecule has 0 unspecified atom stereocenters. The minimum Gasteiger partial charge on any atom is -0.381 e. The van der Waals surface area contributed by atoms with Gasteiger partial charge < -0.3 is 19.7 Å². The minimum atomic E-state index is -0.134. The SMILES string of the molecule is C1=N/C(N2CCC3(CC2)OCc2ccccc23)=N\C(NC2CCOCC2)=C\SCC/1. The lowest BCUT2D eigenvalue weighted by Gasteiger charge is -2.39. The van der Waals surface area contributed by atoms with Crippen molar-refractivity contribution in [1.82, 2.24) is 10.2 Å². The third kappa shape index (κ3) is 4.29. The van der Waals surface area contributed by atoms with Crippen molar-refractivity contribution < 1.29 is 9.47 Å². The first kappa shape index (κ1) is 20.1. The van der Waals surface area contributed by atoms with Crippen LogP contribution in [-0.2, 0) is 21.7 Å². The van der Waals surface area contributed by atoms with Gasteiger partial charge >= 0.3 is 0 Å². The van der Waals surface area contributed by atoms with Gasteiger partial charge in [-0.3, -0.25) is 0 Å². The van der Waals surface area contributed by atoms with Crippen molar-refractivity contribution in [3.8, 4) is 0 Å². The number of likely N-dealkylation sites (tertiary alicyclic amines) is 1. The van der Waals surface area contributed by atoms with Crippen LogP contribution in [0.25, 0.3) is 0 Å². The second-order valence-electron chi connectivity index (χ2n) is 8.34. The molecule has 0 saturated carbocycles. The first-order chi connectivity index (χ1) is 14.8. The van der Waals surface area contributed by atoms with Crippen LogP contribution in [0.4, 0.5) is 0 Å². The maximum Gasteiger partial charge on any atom is 0.226 e. The number of rotatable bonds is 2. The molecule has 2 saturated heterocycles. The molecule has 6 nitrogen and oxygen atoms in total. The molecule has 1 N–H and O–H groups in total. The van der Waals surface area contributed by atoms with Crippen molar-refractivity contribution in [3.63, 3.8) is 0 Å². The van der Waals surface area contributed by atoms with Crippen molar-refractivity contribution in [2.75, 3.05) is 32.1 Å². The van der Waals surface area contributed by atoms with Gasteiger partial charge in [0.15, 0.2) is 0 Å². The molecule has 1 spiro atoms. The number of benzene rings is 1. The van der Waals surface area contributed by atoms with Crippen LogP contribution >= 0.6 is 11.8 Å². The van der Waals surface area contributed by atoms with Crippen LogP contribution in [0.3, 0.4) is 0 Å². The highest BCUT2D eigenvalue weighted by Gasteiger charge is 2.42. The number of nitrogens with zero attached hydrogens (tertiary/aromatic N) is 3. The van der Waals surface area contributed by atoms with E-state index >= 15 is 0 Å². The van der Waals surface area contributed by atoms with Crippen molar-refractivity contribution in [3.05, 3.63) is 46.6 Å². The maximum absolute atomic E-state index is 6.33. The number of hydrogen-bond acceptors (Lipinski definition) is 7. The molecule has 7 heteroatoms. The quantitative estimate of drug-likeness (QED) is 0.782. The van der Waals surface area contributed by atoms with Crippen LogP contribution in [0, 0.1) is 0 Å². The standard InChI is InChI=1S/C23H30N4O2S/c1-2-5-20-18(4-1)16-29-23(20)8-11-27(12-9-23)22-24-10-3-15-30-17-21(26-22)25-19-6-13-28-14-7-19/h1-2,4-5,10,17,19,25H,3,6-9,11-16H2/b21-17+,24-10+,26-22+. The topological polar surface area (TPSA) is 58.5 Å². The largest absolute Gasteiger partial charge is 0.381 e. The number of aliphatic imine (C=N–C) groups is 2. The van der Waals surface area contributed by atoms with E-state index in [1.54, 1.807) is 11.8 Å². The second kappa shape index (κ2) is 9.12. The molecule has 2 fully saturated rings. The summed E-state index contributed by atoms with van der Waals surface area (Å²) >= 11 is 1.80. The van der Waals surface area contributed by atoms with Gasteiger partial charge in [-0.15, -0.1) is 11.8 Å². The van der Waals surface area contributed by atoms with Gasteiger partial charge in [0.25, 0.3) is 0 Å². The number of thioether (sulfide) groups is 1. The summed E-state index contributed by atoms with van der Waals surface area (Å²) in [6.07, 6.45) is 6.97. The van der Waals surface area contributed by atoms with Crippen LogP contribution in [0.15, 0.2) is 45.5 Å². The molecule has 4 heterocycles. The summed E-state index contributed by atoms with van der Waals surface area (Å²) in [6.45, 7) is 4.18. The van der Waals surface area contributed by atoms with Crippen molar-refractivity contribution in [1.29, 1.82) is 0 Å². The normalized spacial score (nSPS) is 29.0. The summed E-state index contributed by atoms with van der Waals surface area (Å²) in [5.74, 6) is 2.78. The fourth-order valence-corrected chi connectivity index (χ4v) is 5.34. The van der Waals surface area contributed by atoms with E-state index in [0.717, 1.165) is 82.5 Å². The van der Waals surface area contributed by atoms with E-state index in [9.17, 15) is 0 Å². The Balaban J connectivity index is 1.31. The van der Waals surface area contributed by atoms with E-state index in [2.05, 4.69) is 39.9 Å². The average molecular weight is 427 g/mol. The molecule has 0 amide bonds. The fraction of sp³-hybridized carbons (Fsp3) is 0.565. The molecule has 0 aromatic heterocycles. The lowest BCUT2D eigenvalue weighted by Crippen LogP contribution is -2.45. The zero-order valence-corrected chi connectivity index (χ0v) is 18.2. The molecule has 4 aliphatic heterocycles. The van der Waals surface area contributed by atoms with Gasteiger partial charge in [0.2, 0.25) is 5.96 Å². The zero-order chi connectivity index (χ0) is 20.2. The number of guanidine groups is 1. The third-order valence-electron chi connectivity index (χ3n) is 6.43. The Morgan fingerprint density at radius 2 is 1.97 bits per heavy atom. The predicted molar refractivity (Wildman–Crippen MR) is 122 cm³/mol. The van der Waals surface area contributed by atoms with E-state index in [1.165, 1.54) is 11.1 Å². The Hall–Kier alpha value is -1.83. The van der Waals surface area contributed by atoms with Crippen LogP contribution in [0.1, 0.15) is 43.2 Å². The first-order valence-corrected chi connectivity index (χ1v) is 12.1. The summed E-state index contributed by atoms with van der Waals surface area (Å²) < 4.78 is 11.8. The molecule has 0 bridgehead atoms. The Bertz CT molecular complexity index is 839. The Labute approximate surface area is 182 Å². The summed E-state index contributed by atoms with van der Waals surface area (Å²) in [4.78, 5) is 12.0. The molecule has 0 atom stereocenters. The van der Waals surface area contributed by atoms with E-state index in [-0.39, 0.29) is 5.60 Å². The molecule has 0 aliphatic carbocycles. The number of nitrogens with one attached hydrogen (secondary N) is 1. The average Bonchev–Trinajstić information content (AvgIpc) is 3.19. The van der Waals surface area contributed by atoms with Crippen LogP contribution in [0.5, 0.6) is 0 Å². The van der Waals surface area contributed by atoms with E-state index in [0.29, 0.717) is 6.04 Å². The monoisotopic (exact) mass is 426 g/mol. The molecule has 4 aliphatic rings. The second-order valence-corrected chi connectivity index (χ2v) is 9.32. The van der Waals surface area contributed by atoms with Gasteiger partial charge in [0, 0.05) is 49.7 Å². The van der Waals surface area contributed by atoms with Gasteiger partial charge in [-0.2, -0.15) is 4.99 Å². The highest BCUT2D eigenvalue weighted by atomic mass is 32.2. The van der Waals surface area contributed by atoms with Crippen LogP contribution in [-0.4, -0.2) is 55.2 Å². The van der Waals surface area contributed by atoms with Crippen molar-refractivity contribution >= 4 is 23.9 Å². The highest BCUT2D eigenvalue weighted by Crippen LogP contribution is 2.44. The molecular formula is C23H30N4O2S. The summed E-state index contributed by atoms with van der Waals surface area (Å²) in [5, 5.41) is 5.79. The van der Waals surface area contributed by atoms with E-state index in [1.807, 2.05) is 6.21 Å². The zero-order valence-electron chi connectivity index (χ0n) is 17.4. The van der Waals surface area contributed by atoms with Gasteiger partial charge in [-0.1, -0.05) is 24.3 Å². The molecule has 0 radical (unpaired) electrons. The van der Waals surface area contributed by atoms with Crippen molar-refractivity contribution in [2.45, 2.75) is 50.4 Å². The fourth-order valence-electron chi connectivity index (χ4n) is 4.70. The van der Waals surface area contributed by atoms with Gasteiger partial charge in [-0.25, -0.2) is 4.99 Å². The summed E-state index contributed by atoms with van der Waals surface area (Å²) in [7, 11) is 0. The molecule has 1 aromatic carbocycles. The van der Waals surface area contributed by atoms with Gasteiger partial charge in [0.05, 0.1) is 12.2 Å². The van der Waals surface area contributed by atoms with Crippen LogP contribution < -0.4 is 5.32 Å². The third-order valence-corrected chi connectivity index (χ3v) is 7.29. The lowest BCUT2D eigenvalue weighted by atomic mass is 9.84. The highest BCUT2D eigenvalue weighted by molar-refractivity contribution is 8.02. The molecule has 5 rings (SSSR count).